The summed E-state index contributed by atoms with van der Waals surface area (Å²) in [6, 6.07) is 9.58. The standard InChI is InChI=1S/C15H11F2NO2/c16-10-5-6-12(17)9(7-10)8-15(20)11-3-1-2-4-13(11)18-14(15)19/h1-7,20H,8H2,(H,18,19). The lowest BCUT2D eigenvalue weighted by molar-refractivity contribution is -0.133. The number of nitrogens with one attached hydrogen (secondary N) is 1. The molecule has 102 valence electrons. The highest BCUT2D eigenvalue weighted by atomic mass is 19.1. The van der Waals surface area contributed by atoms with E-state index in [1.165, 1.54) is 0 Å². The number of aliphatic hydroxyl groups is 1. The summed E-state index contributed by atoms with van der Waals surface area (Å²) in [5.74, 6) is -1.91. The third-order valence-electron chi connectivity index (χ3n) is 3.45. The van der Waals surface area contributed by atoms with E-state index in [0.29, 0.717) is 11.3 Å². The van der Waals surface area contributed by atoms with Crippen LogP contribution in [0.3, 0.4) is 0 Å². The van der Waals surface area contributed by atoms with E-state index in [0.717, 1.165) is 18.2 Å². The van der Waals surface area contributed by atoms with Gasteiger partial charge in [0.05, 0.1) is 0 Å². The topological polar surface area (TPSA) is 49.3 Å². The molecule has 0 aromatic heterocycles. The molecule has 0 bridgehead atoms. The van der Waals surface area contributed by atoms with E-state index in [1.807, 2.05) is 0 Å². The molecule has 20 heavy (non-hydrogen) atoms. The Hall–Kier alpha value is -2.27. The molecule has 0 aliphatic carbocycles. The molecule has 0 spiro atoms. The summed E-state index contributed by atoms with van der Waals surface area (Å²) in [5, 5.41) is 13.1. The van der Waals surface area contributed by atoms with Gasteiger partial charge in [-0.2, -0.15) is 0 Å². The molecule has 1 aliphatic rings. The number of carbonyl (C=O) groups excluding carboxylic acids is 1. The summed E-state index contributed by atoms with van der Waals surface area (Å²) in [5.41, 5.74) is -1.07. The maximum atomic E-state index is 13.7. The number of rotatable bonds is 2. The molecule has 2 aromatic carbocycles. The molecule has 0 saturated heterocycles. The largest absolute Gasteiger partial charge is 0.375 e. The van der Waals surface area contributed by atoms with Gasteiger partial charge in [0.15, 0.2) is 5.60 Å². The highest BCUT2D eigenvalue weighted by Crippen LogP contribution is 2.38. The summed E-state index contributed by atoms with van der Waals surface area (Å²) < 4.78 is 26.9. The van der Waals surface area contributed by atoms with Crippen molar-refractivity contribution in [2.45, 2.75) is 12.0 Å². The predicted molar refractivity (Wildman–Crippen MR) is 69.0 cm³/mol. The van der Waals surface area contributed by atoms with Crippen molar-refractivity contribution in [3.8, 4) is 0 Å². The zero-order valence-corrected chi connectivity index (χ0v) is 10.4. The van der Waals surface area contributed by atoms with Crippen LogP contribution in [-0.2, 0) is 16.8 Å². The molecule has 3 nitrogen and oxygen atoms in total. The Morgan fingerprint density at radius 2 is 1.90 bits per heavy atom. The molecule has 1 amide bonds. The van der Waals surface area contributed by atoms with Gasteiger partial charge in [-0.25, -0.2) is 8.78 Å². The second-order valence-electron chi connectivity index (χ2n) is 4.77. The number of halogens is 2. The minimum Gasteiger partial charge on any atom is -0.375 e. The normalized spacial score (nSPS) is 20.6. The van der Waals surface area contributed by atoms with Crippen molar-refractivity contribution in [3.05, 3.63) is 65.2 Å². The van der Waals surface area contributed by atoms with Gasteiger partial charge in [0.1, 0.15) is 11.6 Å². The molecule has 2 N–H and O–H groups in total. The molecule has 1 aliphatic heterocycles. The first-order chi connectivity index (χ1) is 9.50. The van der Waals surface area contributed by atoms with Gasteiger partial charge in [0, 0.05) is 17.7 Å². The number of fused-ring (bicyclic) bond motifs is 1. The summed E-state index contributed by atoms with van der Waals surface area (Å²) >= 11 is 0. The van der Waals surface area contributed by atoms with E-state index in [-0.39, 0.29) is 12.0 Å². The van der Waals surface area contributed by atoms with Crippen molar-refractivity contribution in [1.82, 2.24) is 0 Å². The van der Waals surface area contributed by atoms with Crippen molar-refractivity contribution < 1.29 is 18.7 Å². The Morgan fingerprint density at radius 3 is 2.70 bits per heavy atom. The van der Waals surface area contributed by atoms with Crippen molar-refractivity contribution in [2.24, 2.45) is 0 Å². The van der Waals surface area contributed by atoms with E-state index in [2.05, 4.69) is 5.32 Å². The summed E-state index contributed by atoms with van der Waals surface area (Å²) in [6.07, 6.45) is -0.320. The number of amides is 1. The number of hydrogen-bond acceptors (Lipinski definition) is 2. The van der Waals surface area contributed by atoms with E-state index in [9.17, 15) is 18.7 Å². The van der Waals surface area contributed by atoms with Crippen LogP contribution in [0.1, 0.15) is 11.1 Å². The molecule has 1 unspecified atom stereocenters. The fraction of sp³-hybridized carbons (Fsp3) is 0.133. The first-order valence-electron chi connectivity index (χ1n) is 6.08. The summed E-state index contributed by atoms with van der Waals surface area (Å²) in [6.45, 7) is 0. The number of para-hydroxylation sites is 1. The second-order valence-corrected chi connectivity index (χ2v) is 4.77. The molecule has 0 saturated carbocycles. The van der Waals surface area contributed by atoms with Crippen LogP contribution in [0.2, 0.25) is 0 Å². The van der Waals surface area contributed by atoms with Gasteiger partial charge in [0.2, 0.25) is 0 Å². The van der Waals surface area contributed by atoms with Gasteiger partial charge in [-0.05, 0) is 29.8 Å². The SMILES string of the molecule is O=C1Nc2ccccc2C1(O)Cc1cc(F)ccc1F. The Labute approximate surface area is 113 Å². The van der Waals surface area contributed by atoms with Gasteiger partial charge in [-0.15, -0.1) is 0 Å². The number of anilines is 1. The molecule has 1 atom stereocenters. The van der Waals surface area contributed by atoms with Crippen molar-refractivity contribution >= 4 is 11.6 Å². The first kappa shape index (κ1) is 12.7. The highest BCUT2D eigenvalue weighted by Gasteiger charge is 2.45. The molecule has 5 heteroatoms. The van der Waals surface area contributed by atoms with E-state index in [4.69, 9.17) is 0 Å². The number of hydrogen-bond donors (Lipinski definition) is 2. The van der Waals surface area contributed by atoms with Crippen molar-refractivity contribution in [1.29, 1.82) is 0 Å². The van der Waals surface area contributed by atoms with E-state index >= 15 is 0 Å². The summed E-state index contributed by atoms with van der Waals surface area (Å²) in [4.78, 5) is 12.0. The van der Waals surface area contributed by atoms with Gasteiger partial charge in [-0.1, -0.05) is 18.2 Å². The monoisotopic (exact) mass is 275 g/mol. The minimum atomic E-state index is -1.88. The molecule has 2 aromatic rings. The quantitative estimate of drug-likeness (QED) is 0.884. The number of benzene rings is 2. The lowest BCUT2D eigenvalue weighted by Crippen LogP contribution is -2.36. The minimum absolute atomic E-state index is 0.0423. The van der Waals surface area contributed by atoms with Gasteiger partial charge in [0.25, 0.3) is 5.91 Å². The zero-order chi connectivity index (χ0) is 14.3. The van der Waals surface area contributed by atoms with Crippen LogP contribution in [0.15, 0.2) is 42.5 Å². The molecule has 3 rings (SSSR count). The van der Waals surface area contributed by atoms with Crippen LogP contribution in [0.5, 0.6) is 0 Å². The van der Waals surface area contributed by atoms with Crippen LogP contribution >= 0.6 is 0 Å². The molecule has 0 fully saturated rings. The zero-order valence-electron chi connectivity index (χ0n) is 10.4. The van der Waals surface area contributed by atoms with Gasteiger partial charge < -0.3 is 10.4 Å². The lowest BCUT2D eigenvalue weighted by Gasteiger charge is -2.21. The fourth-order valence-electron chi connectivity index (χ4n) is 2.43. The van der Waals surface area contributed by atoms with E-state index < -0.39 is 23.1 Å². The van der Waals surface area contributed by atoms with Crippen LogP contribution < -0.4 is 5.32 Å². The molecular formula is C15H11F2NO2. The highest BCUT2D eigenvalue weighted by molar-refractivity contribution is 6.05. The number of carbonyl (C=O) groups is 1. The smallest absolute Gasteiger partial charge is 0.261 e. The van der Waals surface area contributed by atoms with Crippen LogP contribution in [0.4, 0.5) is 14.5 Å². The Morgan fingerprint density at radius 1 is 1.15 bits per heavy atom. The molecular weight excluding hydrogens is 264 g/mol. The molecule has 1 heterocycles. The Balaban J connectivity index is 2.05. The maximum absolute atomic E-state index is 13.7. The van der Waals surface area contributed by atoms with Gasteiger partial charge >= 0.3 is 0 Å². The average Bonchev–Trinajstić information content (AvgIpc) is 2.67. The van der Waals surface area contributed by atoms with Crippen molar-refractivity contribution in [2.75, 3.05) is 5.32 Å². The predicted octanol–water partition coefficient (Wildman–Crippen LogP) is 2.35. The van der Waals surface area contributed by atoms with Crippen LogP contribution in [0, 0.1) is 11.6 Å². The van der Waals surface area contributed by atoms with E-state index in [1.54, 1.807) is 24.3 Å². The Kier molecular flexibility index (Phi) is 2.79. The Bertz CT molecular complexity index is 702. The third kappa shape index (κ3) is 1.87. The molecule has 0 radical (unpaired) electrons. The van der Waals surface area contributed by atoms with Gasteiger partial charge in [-0.3, -0.25) is 4.79 Å². The third-order valence-corrected chi connectivity index (χ3v) is 3.45. The first-order valence-corrected chi connectivity index (χ1v) is 6.08. The van der Waals surface area contributed by atoms with Crippen LogP contribution in [0.25, 0.3) is 0 Å². The second kappa shape index (κ2) is 4.38. The van der Waals surface area contributed by atoms with Crippen molar-refractivity contribution in [3.63, 3.8) is 0 Å². The summed E-state index contributed by atoms with van der Waals surface area (Å²) in [7, 11) is 0. The fourth-order valence-corrected chi connectivity index (χ4v) is 2.43. The lowest BCUT2D eigenvalue weighted by atomic mass is 9.88. The maximum Gasteiger partial charge on any atom is 0.261 e. The average molecular weight is 275 g/mol. The van der Waals surface area contributed by atoms with Crippen LogP contribution in [-0.4, -0.2) is 11.0 Å².